The van der Waals surface area contributed by atoms with E-state index in [4.69, 9.17) is 4.74 Å². The summed E-state index contributed by atoms with van der Waals surface area (Å²) < 4.78 is 51.9. The average Bonchev–Trinajstić information content (AvgIpc) is 3.22. The third kappa shape index (κ3) is 4.94. The number of methoxy groups -OCH3 is 1. The van der Waals surface area contributed by atoms with Gasteiger partial charge >= 0.3 is 0 Å². The lowest BCUT2D eigenvalue weighted by Gasteiger charge is -2.10. The SMILES string of the molecule is COc1c(F)cc(-c2ncc(OCCCCCC3CCCC3)cn2)c(F)c1F. The van der Waals surface area contributed by atoms with Gasteiger partial charge in [-0.3, -0.25) is 0 Å². The minimum absolute atomic E-state index is 0.123. The highest BCUT2D eigenvalue weighted by Gasteiger charge is 2.21. The van der Waals surface area contributed by atoms with Gasteiger partial charge in [-0.1, -0.05) is 44.9 Å². The zero-order valence-corrected chi connectivity index (χ0v) is 16.0. The maximum absolute atomic E-state index is 14.1. The summed E-state index contributed by atoms with van der Waals surface area (Å²) in [6.07, 6.45) is 12.8. The monoisotopic (exact) mass is 394 g/mol. The molecular weight excluding hydrogens is 369 g/mol. The minimum atomic E-state index is -1.40. The molecule has 0 radical (unpaired) electrons. The average molecular weight is 394 g/mol. The Morgan fingerprint density at radius 3 is 2.39 bits per heavy atom. The Hall–Kier alpha value is -2.31. The first kappa shape index (κ1) is 20.4. The topological polar surface area (TPSA) is 44.2 Å². The van der Waals surface area contributed by atoms with Crippen molar-refractivity contribution in [3.8, 4) is 22.9 Å². The second-order valence-electron chi connectivity index (χ2n) is 7.16. The number of ether oxygens (including phenoxy) is 2. The van der Waals surface area contributed by atoms with E-state index in [0.29, 0.717) is 12.4 Å². The van der Waals surface area contributed by atoms with E-state index in [-0.39, 0.29) is 11.4 Å². The van der Waals surface area contributed by atoms with Crippen LogP contribution in [-0.2, 0) is 0 Å². The van der Waals surface area contributed by atoms with Crippen LogP contribution in [0.1, 0.15) is 51.4 Å². The number of hydrogen-bond acceptors (Lipinski definition) is 4. The smallest absolute Gasteiger partial charge is 0.204 e. The maximum Gasteiger partial charge on any atom is 0.204 e. The fraction of sp³-hybridized carbons (Fsp3) is 0.524. The lowest BCUT2D eigenvalue weighted by molar-refractivity contribution is 0.300. The van der Waals surface area contributed by atoms with Crippen molar-refractivity contribution in [3.63, 3.8) is 0 Å². The molecular formula is C21H25F3N2O2. The molecule has 0 unspecified atom stereocenters. The van der Waals surface area contributed by atoms with Crippen LogP contribution < -0.4 is 9.47 Å². The molecule has 4 nitrogen and oxygen atoms in total. The van der Waals surface area contributed by atoms with Crippen LogP contribution in [0.4, 0.5) is 13.2 Å². The molecule has 1 heterocycles. The van der Waals surface area contributed by atoms with Gasteiger partial charge in [-0.05, 0) is 18.4 Å². The number of nitrogens with zero attached hydrogens (tertiary/aromatic N) is 2. The lowest BCUT2D eigenvalue weighted by Crippen LogP contribution is -2.02. The number of hydrogen-bond donors (Lipinski definition) is 0. The van der Waals surface area contributed by atoms with E-state index in [0.717, 1.165) is 31.9 Å². The number of halogens is 3. The highest BCUT2D eigenvalue weighted by Crippen LogP contribution is 2.31. The molecule has 1 aliphatic carbocycles. The quantitative estimate of drug-likeness (QED) is 0.404. The predicted octanol–water partition coefficient (Wildman–Crippen LogP) is 5.70. The van der Waals surface area contributed by atoms with Gasteiger partial charge < -0.3 is 9.47 Å². The summed E-state index contributed by atoms with van der Waals surface area (Å²) >= 11 is 0. The molecule has 0 aliphatic heterocycles. The third-order valence-corrected chi connectivity index (χ3v) is 5.19. The molecule has 7 heteroatoms. The van der Waals surface area contributed by atoms with Gasteiger partial charge in [0.1, 0.15) is 0 Å². The van der Waals surface area contributed by atoms with Crippen LogP contribution in [0.2, 0.25) is 0 Å². The second-order valence-corrected chi connectivity index (χ2v) is 7.16. The summed E-state index contributed by atoms with van der Waals surface area (Å²) in [4.78, 5) is 7.93. The Morgan fingerprint density at radius 2 is 1.71 bits per heavy atom. The largest absolute Gasteiger partial charge is 0.491 e. The molecule has 152 valence electrons. The molecule has 28 heavy (non-hydrogen) atoms. The van der Waals surface area contributed by atoms with E-state index in [2.05, 4.69) is 14.7 Å². The van der Waals surface area contributed by atoms with Crippen molar-refractivity contribution in [1.29, 1.82) is 0 Å². The van der Waals surface area contributed by atoms with E-state index < -0.39 is 23.2 Å². The molecule has 3 rings (SSSR count). The van der Waals surface area contributed by atoms with Gasteiger partial charge in [0.2, 0.25) is 5.82 Å². The Labute approximate surface area is 163 Å². The van der Waals surface area contributed by atoms with Gasteiger partial charge in [0.05, 0.1) is 31.7 Å². The fourth-order valence-electron chi connectivity index (χ4n) is 3.66. The van der Waals surface area contributed by atoms with Gasteiger partial charge in [-0.15, -0.1) is 0 Å². The Kier molecular flexibility index (Phi) is 7.12. The van der Waals surface area contributed by atoms with Crippen LogP contribution in [0.25, 0.3) is 11.4 Å². The third-order valence-electron chi connectivity index (χ3n) is 5.19. The van der Waals surface area contributed by atoms with E-state index in [1.165, 1.54) is 50.9 Å². The van der Waals surface area contributed by atoms with Crippen molar-refractivity contribution >= 4 is 0 Å². The van der Waals surface area contributed by atoms with Gasteiger partial charge in [0.25, 0.3) is 0 Å². The molecule has 1 fully saturated rings. The first-order valence-corrected chi connectivity index (χ1v) is 9.77. The Morgan fingerprint density at radius 1 is 1.00 bits per heavy atom. The van der Waals surface area contributed by atoms with Crippen molar-refractivity contribution < 1.29 is 22.6 Å². The Bertz CT molecular complexity index is 778. The highest BCUT2D eigenvalue weighted by atomic mass is 19.2. The fourth-order valence-corrected chi connectivity index (χ4v) is 3.66. The number of rotatable bonds is 9. The molecule has 0 N–H and O–H groups in total. The first-order chi connectivity index (χ1) is 13.6. The van der Waals surface area contributed by atoms with Crippen LogP contribution in [0.15, 0.2) is 18.5 Å². The molecule has 0 amide bonds. The van der Waals surface area contributed by atoms with Gasteiger partial charge in [0, 0.05) is 0 Å². The van der Waals surface area contributed by atoms with E-state index in [9.17, 15) is 13.2 Å². The van der Waals surface area contributed by atoms with Crippen molar-refractivity contribution in [1.82, 2.24) is 9.97 Å². The van der Waals surface area contributed by atoms with Gasteiger partial charge in [-0.25, -0.2) is 18.7 Å². The number of unbranched alkanes of at least 4 members (excludes halogenated alkanes) is 2. The molecule has 0 atom stereocenters. The molecule has 0 spiro atoms. The first-order valence-electron chi connectivity index (χ1n) is 9.77. The minimum Gasteiger partial charge on any atom is -0.491 e. The summed E-state index contributed by atoms with van der Waals surface area (Å²) in [6, 6.07) is 0.817. The zero-order valence-electron chi connectivity index (χ0n) is 16.0. The van der Waals surface area contributed by atoms with Crippen LogP contribution in [0.3, 0.4) is 0 Å². The number of benzene rings is 1. The van der Waals surface area contributed by atoms with Crippen molar-refractivity contribution in [2.24, 2.45) is 5.92 Å². The second kappa shape index (κ2) is 9.75. The van der Waals surface area contributed by atoms with Crippen LogP contribution in [-0.4, -0.2) is 23.7 Å². The van der Waals surface area contributed by atoms with E-state index in [1.807, 2.05) is 0 Å². The van der Waals surface area contributed by atoms with Crippen molar-refractivity contribution in [2.45, 2.75) is 51.4 Å². The summed E-state index contributed by atoms with van der Waals surface area (Å²) in [5.41, 5.74) is -0.366. The van der Waals surface area contributed by atoms with Gasteiger partial charge in [-0.2, -0.15) is 4.39 Å². The predicted molar refractivity (Wildman–Crippen MR) is 99.8 cm³/mol. The number of aromatic nitrogens is 2. The van der Waals surface area contributed by atoms with Crippen LogP contribution >= 0.6 is 0 Å². The normalized spacial score (nSPS) is 14.4. The molecule has 0 bridgehead atoms. The van der Waals surface area contributed by atoms with Crippen molar-refractivity contribution in [2.75, 3.05) is 13.7 Å². The highest BCUT2D eigenvalue weighted by molar-refractivity contribution is 5.58. The molecule has 2 aromatic rings. The standard InChI is InChI=1S/C21H25F3N2O2/c1-27-20-17(22)11-16(18(23)19(20)24)21-25-12-15(13-26-21)28-10-6-2-3-7-14-8-4-5-9-14/h11-14H,2-10H2,1H3. The van der Waals surface area contributed by atoms with Crippen LogP contribution in [0, 0.1) is 23.4 Å². The molecule has 1 aromatic heterocycles. The summed E-state index contributed by atoms with van der Waals surface area (Å²) in [5, 5.41) is 0. The summed E-state index contributed by atoms with van der Waals surface area (Å²) in [6.45, 7) is 0.549. The maximum atomic E-state index is 14.1. The summed E-state index contributed by atoms with van der Waals surface area (Å²) in [5.74, 6) is -3.22. The van der Waals surface area contributed by atoms with Crippen LogP contribution in [0.5, 0.6) is 11.5 Å². The zero-order chi connectivity index (χ0) is 19.9. The molecule has 1 saturated carbocycles. The molecule has 1 aliphatic rings. The lowest BCUT2D eigenvalue weighted by atomic mass is 10.0. The Balaban J connectivity index is 1.50. The molecule has 1 aromatic carbocycles. The van der Waals surface area contributed by atoms with E-state index in [1.54, 1.807) is 0 Å². The van der Waals surface area contributed by atoms with Crippen molar-refractivity contribution in [3.05, 3.63) is 35.9 Å². The summed E-state index contributed by atoms with van der Waals surface area (Å²) in [7, 11) is 1.07. The molecule has 0 saturated heterocycles. The van der Waals surface area contributed by atoms with E-state index >= 15 is 0 Å². The van der Waals surface area contributed by atoms with Gasteiger partial charge in [0.15, 0.2) is 29.0 Å².